The number of rotatable bonds is 4. The van der Waals surface area contributed by atoms with E-state index in [1.54, 1.807) is 12.1 Å². The number of nitriles is 1. The Morgan fingerprint density at radius 1 is 1.10 bits per heavy atom. The molecule has 2 aromatic rings. The molecule has 0 saturated heterocycles. The fraction of sp³-hybridized carbons (Fsp3) is 0.0625. The second kappa shape index (κ2) is 6.78. The smallest absolute Gasteiger partial charge is 0.123 e. The van der Waals surface area contributed by atoms with Crippen molar-refractivity contribution in [2.45, 2.75) is 0 Å². The number of nitrogens with one attached hydrogen (secondary N) is 1. The first-order chi connectivity index (χ1) is 9.74. The van der Waals surface area contributed by atoms with Gasteiger partial charge in [-0.25, -0.2) is 4.39 Å². The summed E-state index contributed by atoms with van der Waals surface area (Å²) >= 11 is 1.45. The van der Waals surface area contributed by atoms with Gasteiger partial charge in [0.2, 0.25) is 0 Å². The van der Waals surface area contributed by atoms with Crippen molar-refractivity contribution in [3.63, 3.8) is 0 Å². The van der Waals surface area contributed by atoms with E-state index >= 15 is 0 Å². The van der Waals surface area contributed by atoms with Crippen LogP contribution in [0.3, 0.4) is 0 Å². The lowest BCUT2D eigenvalue weighted by atomic mass is 10.1. The first-order valence-corrected chi connectivity index (χ1v) is 7.23. The first kappa shape index (κ1) is 14.2. The minimum absolute atomic E-state index is 0.284. The monoisotopic (exact) mass is 284 g/mol. The highest BCUT2D eigenvalue weighted by molar-refractivity contribution is 8.02. The molecule has 1 N–H and O–H groups in total. The molecule has 0 aliphatic rings. The predicted molar refractivity (Wildman–Crippen MR) is 82.5 cm³/mol. The zero-order chi connectivity index (χ0) is 14.4. The summed E-state index contributed by atoms with van der Waals surface area (Å²) in [5, 5.41) is 13.3. The summed E-state index contributed by atoms with van der Waals surface area (Å²) in [6.07, 6.45) is 1.89. The number of benzene rings is 2. The van der Waals surface area contributed by atoms with Gasteiger partial charge in [-0.05, 0) is 36.1 Å². The topological polar surface area (TPSA) is 35.8 Å². The third kappa shape index (κ3) is 3.40. The van der Waals surface area contributed by atoms with E-state index in [9.17, 15) is 9.65 Å². The molecule has 0 amide bonds. The van der Waals surface area contributed by atoms with Crippen LogP contribution in [0.1, 0.15) is 5.56 Å². The van der Waals surface area contributed by atoms with Crippen molar-refractivity contribution in [1.29, 1.82) is 5.26 Å². The fourth-order valence-corrected chi connectivity index (χ4v) is 2.32. The molecule has 2 nitrogen and oxygen atoms in total. The van der Waals surface area contributed by atoms with Crippen LogP contribution in [0.4, 0.5) is 10.1 Å². The Hall–Kier alpha value is -2.25. The third-order valence-corrected chi connectivity index (χ3v) is 3.42. The average Bonchev–Trinajstić information content (AvgIpc) is 2.50. The summed E-state index contributed by atoms with van der Waals surface area (Å²) in [4.78, 5) is 0. The normalized spacial score (nSPS) is 11.4. The molecule has 0 fully saturated rings. The van der Waals surface area contributed by atoms with Crippen molar-refractivity contribution in [1.82, 2.24) is 0 Å². The van der Waals surface area contributed by atoms with E-state index < -0.39 is 0 Å². The Kier molecular flexibility index (Phi) is 4.80. The van der Waals surface area contributed by atoms with E-state index in [1.165, 1.54) is 23.9 Å². The highest BCUT2D eigenvalue weighted by Gasteiger charge is 2.08. The van der Waals surface area contributed by atoms with Crippen LogP contribution in [0.25, 0.3) is 5.57 Å². The molecule has 0 radical (unpaired) electrons. The third-order valence-electron chi connectivity index (χ3n) is 2.71. The van der Waals surface area contributed by atoms with Gasteiger partial charge in [-0.3, -0.25) is 0 Å². The number of nitrogens with zero attached hydrogens (tertiary/aromatic N) is 1. The van der Waals surface area contributed by atoms with Crippen LogP contribution in [-0.4, -0.2) is 6.26 Å². The van der Waals surface area contributed by atoms with Gasteiger partial charge in [-0.15, -0.1) is 11.8 Å². The number of thioether (sulfide) groups is 1. The molecular formula is C16H13FN2S. The Morgan fingerprint density at radius 3 is 2.30 bits per heavy atom. The maximum Gasteiger partial charge on any atom is 0.123 e. The van der Waals surface area contributed by atoms with Crippen LogP contribution in [0.15, 0.2) is 59.6 Å². The predicted octanol–water partition coefficient (Wildman–Crippen LogP) is 4.49. The number of anilines is 1. The second-order valence-electron chi connectivity index (χ2n) is 4.02. The summed E-state index contributed by atoms with van der Waals surface area (Å²) in [6.45, 7) is 0. The van der Waals surface area contributed by atoms with Crippen molar-refractivity contribution in [2.75, 3.05) is 11.6 Å². The molecule has 0 aromatic heterocycles. The molecule has 20 heavy (non-hydrogen) atoms. The zero-order valence-corrected chi connectivity index (χ0v) is 11.7. The molecule has 2 rings (SSSR count). The molecule has 0 aliphatic heterocycles. The molecule has 0 saturated carbocycles. The molecule has 100 valence electrons. The number of hydrogen-bond acceptors (Lipinski definition) is 3. The first-order valence-electron chi connectivity index (χ1n) is 6.01. The van der Waals surface area contributed by atoms with Gasteiger partial charge >= 0.3 is 0 Å². The van der Waals surface area contributed by atoms with Crippen molar-refractivity contribution in [3.05, 3.63) is 71.0 Å². The molecule has 0 atom stereocenters. The summed E-state index contributed by atoms with van der Waals surface area (Å²) in [5.74, 6) is -0.284. The highest BCUT2D eigenvalue weighted by Crippen LogP contribution is 2.26. The summed E-state index contributed by atoms with van der Waals surface area (Å²) in [7, 11) is 0. The number of allylic oxidation sites excluding steroid dienone is 1. The minimum atomic E-state index is -0.284. The lowest BCUT2D eigenvalue weighted by Gasteiger charge is -2.11. The number of halogens is 1. The lowest BCUT2D eigenvalue weighted by molar-refractivity contribution is 0.628. The van der Waals surface area contributed by atoms with E-state index in [1.807, 2.05) is 36.6 Å². The second-order valence-corrected chi connectivity index (χ2v) is 4.83. The lowest BCUT2D eigenvalue weighted by Crippen LogP contribution is -1.99. The Balaban J connectivity index is 2.36. The van der Waals surface area contributed by atoms with Crippen LogP contribution in [0.2, 0.25) is 0 Å². The van der Waals surface area contributed by atoms with Crippen LogP contribution in [0, 0.1) is 17.1 Å². The van der Waals surface area contributed by atoms with Crippen molar-refractivity contribution >= 4 is 23.0 Å². The van der Waals surface area contributed by atoms with Crippen LogP contribution in [-0.2, 0) is 0 Å². The van der Waals surface area contributed by atoms with E-state index in [0.29, 0.717) is 5.57 Å². The van der Waals surface area contributed by atoms with Crippen molar-refractivity contribution in [2.24, 2.45) is 0 Å². The average molecular weight is 284 g/mol. The number of hydrogen-bond donors (Lipinski definition) is 1. The molecule has 2 aromatic carbocycles. The standard InChI is InChI=1S/C16H13FN2S/c1-20-16(19-14-9-7-13(17)8-10-14)15(11-18)12-5-3-2-4-6-12/h2-10,19H,1H3/b16-15-. The maximum atomic E-state index is 12.9. The van der Waals surface area contributed by atoms with E-state index in [2.05, 4.69) is 11.4 Å². The zero-order valence-electron chi connectivity index (χ0n) is 10.9. The summed E-state index contributed by atoms with van der Waals surface area (Å²) < 4.78 is 12.9. The van der Waals surface area contributed by atoms with Gasteiger partial charge in [0.15, 0.2) is 0 Å². The van der Waals surface area contributed by atoms with Gasteiger partial charge in [0, 0.05) is 5.69 Å². The molecular weight excluding hydrogens is 271 g/mol. The molecule has 0 spiro atoms. The molecule has 0 bridgehead atoms. The summed E-state index contributed by atoms with van der Waals surface area (Å²) in [6, 6.07) is 17.7. The molecule has 0 heterocycles. The largest absolute Gasteiger partial charge is 0.349 e. The molecule has 0 unspecified atom stereocenters. The minimum Gasteiger partial charge on any atom is -0.349 e. The Labute approximate surface area is 121 Å². The SMILES string of the molecule is CS/C(Nc1ccc(F)cc1)=C(/C#N)c1ccccc1. The van der Waals surface area contributed by atoms with Gasteiger partial charge in [-0.1, -0.05) is 30.3 Å². The van der Waals surface area contributed by atoms with Gasteiger partial charge in [0.05, 0.1) is 10.6 Å². The maximum absolute atomic E-state index is 12.9. The van der Waals surface area contributed by atoms with Crippen LogP contribution >= 0.6 is 11.8 Å². The van der Waals surface area contributed by atoms with Crippen LogP contribution < -0.4 is 5.32 Å². The van der Waals surface area contributed by atoms with Gasteiger partial charge in [0.1, 0.15) is 11.9 Å². The van der Waals surface area contributed by atoms with E-state index in [4.69, 9.17) is 0 Å². The Bertz CT molecular complexity index is 642. The fourth-order valence-electron chi connectivity index (χ4n) is 1.73. The van der Waals surface area contributed by atoms with Crippen molar-refractivity contribution < 1.29 is 4.39 Å². The highest BCUT2D eigenvalue weighted by atomic mass is 32.2. The van der Waals surface area contributed by atoms with Gasteiger partial charge < -0.3 is 5.32 Å². The van der Waals surface area contributed by atoms with E-state index in [-0.39, 0.29) is 5.82 Å². The van der Waals surface area contributed by atoms with Crippen LogP contribution in [0.5, 0.6) is 0 Å². The molecule has 4 heteroatoms. The summed E-state index contributed by atoms with van der Waals surface area (Å²) in [5.41, 5.74) is 2.18. The van der Waals surface area contributed by atoms with Gasteiger partial charge in [0.25, 0.3) is 0 Å². The van der Waals surface area contributed by atoms with Gasteiger partial charge in [-0.2, -0.15) is 5.26 Å². The Morgan fingerprint density at radius 2 is 1.75 bits per heavy atom. The van der Waals surface area contributed by atoms with E-state index in [0.717, 1.165) is 16.3 Å². The van der Waals surface area contributed by atoms with Crippen molar-refractivity contribution in [3.8, 4) is 6.07 Å². The molecule has 0 aliphatic carbocycles. The quantitative estimate of drug-likeness (QED) is 0.840.